The number of nitrogens with zero attached hydrogens (tertiary/aromatic N) is 2. The normalized spacial score (nSPS) is 14.6. The van der Waals surface area contributed by atoms with Gasteiger partial charge in [-0.25, -0.2) is 0 Å². The number of ketones is 1. The summed E-state index contributed by atoms with van der Waals surface area (Å²) in [5.41, 5.74) is 4.67. The summed E-state index contributed by atoms with van der Waals surface area (Å²) < 4.78 is 2.13. The number of carboxylic acids is 1. The van der Waals surface area contributed by atoms with Gasteiger partial charge in [-0.3, -0.25) is 14.6 Å². The number of hydrogen-bond acceptors (Lipinski definition) is 3. The fourth-order valence-corrected chi connectivity index (χ4v) is 4.55. The highest BCUT2D eigenvalue weighted by atomic mass is 16.4. The lowest BCUT2D eigenvalue weighted by atomic mass is 9.78. The lowest BCUT2D eigenvalue weighted by molar-refractivity contribution is -0.146. The zero-order valence-electron chi connectivity index (χ0n) is 20.3. The summed E-state index contributed by atoms with van der Waals surface area (Å²) in [5, 5.41) is 10.8. The quantitative estimate of drug-likeness (QED) is 0.421. The van der Waals surface area contributed by atoms with Crippen molar-refractivity contribution in [1.29, 1.82) is 0 Å². The Morgan fingerprint density at radius 3 is 2.45 bits per heavy atom. The third-order valence-corrected chi connectivity index (χ3v) is 7.07. The molecule has 1 aliphatic rings. The number of rotatable bonds is 8. The van der Waals surface area contributed by atoms with Crippen LogP contribution in [0.1, 0.15) is 85.7 Å². The fraction of sp³-hybridized carbons (Fsp3) is 0.464. The Labute approximate surface area is 195 Å². The van der Waals surface area contributed by atoms with Crippen molar-refractivity contribution in [3.05, 3.63) is 64.6 Å². The number of aromatic nitrogens is 2. The maximum absolute atomic E-state index is 13.7. The van der Waals surface area contributed by atoms with E-state index in [1.807, 2.05) is 25.3 Å². The second kappa shape index (κ2) is 8.77. The summed E-state index contributed by atoms with van der Waals surface area (Å²) in [6.07, 6.45) is 5.04. The van der Waals surface area contributed by atoms with Crippen LogP contribution < -0.4 is 0 Å². The molecule has 0 atom stereocenters. The van der Waals surface area contributed by atoms with Gasteiger partial charge in [0.15, 0.2) is 5.78 Å². The highest BCUT2D eigenvalue weighted by Gasteiger charge is 2.36. The van der Waals surface area contributed by atoms with Gasteiger partial charge in [0, 0.05) is 40.7 Å². The minimum atomic E-state index is -0.998. The van der Waals surface area contributed by atoms with Crippen LogP contribution >= 0.6 is 0 Å². The van der Waals surface area contributed by atoms with Crippen LogP contribution in [-0.4, -0.2) is 26.4 Å². The van der Waals surface area contributed by atoms with E-state index in [1.54, 1.807) is 13.8 Å². The Morgan fingerprint density at radius 1 is 1.18 bits per heavy atom. The zero-order valence-corrected chi connectivity index (χ0v) is 20.3. The van der Waals surface area contributed by atoms with Gasteiger partial charge in [0.1, 0.15) is 0 Å². The van der Waals surface area contributed by atoms with Crippen LogP contribution in [0.25, 0.3) is 10.9 Å². The first kappa shape index (κ1) is 23.2. The highest BCUT2D eigenvalue weighted by molar-refractivity contribution is 6.11. The van der Waals surface area contributed by atoms with Gasteiger partial charge in [-0.2, -0.15) is 0 Å². The van der Waals surface area contributed by atoms with Crippen LogP contribution in [0, 0.1) is 18.3 Å². The predicted octanol–water partition coefficient (Wildman–Crippen LogP) is 6.15. The summed E-state index contributed by atoms with van der Waals surface area (Å²) in [7, 11) is 0. The summed E-state index contributed by atoms with van der Waals surface area (Å²) in [4.78, 5) is 30.4. The first-order chi connectivity index (χ1) is 15.6. The standard InChI is InChI=1S/C28H34N2O3/c1-17(2)20-10-12-23-22(13-20)25(26(31)19-7-6-8-19)24(14-28(4,5)27(32)33)30(23)16-21-11-9-18(3)15-29-21/h9-13,15,17,19H,6-8,14,16H2,1-5H3,(H,32,33). The molecule has 1 N–H and O–H groups in total. The number of Topliss-reactive ketones (excluding diaryl/α,β-unsaturated/α-hetero) is 1. The highest BCUT2D eigenvalue weighted by Crippen LogP contribution is 2.38. The van der Waals surface area contributed by atoms with Gasteiger partial charge in [-0.1, -0.05) is 32.4 Å². The molecule has 33 heavy (non-hydrogen) atoms. The van der Waals surface area contributed by atoms with Crippen LogP contribution in [0.3, 0.4) is 0 Å². The Balaban J connectivity index is 1.97. The average molecular weight is 447 g/mol. The Kier molecular flexibility index (Phi) is 6.17. The molecule has 5 heteroatoms. The SMILES string of the molecule is Cc1ccc(Cn2c(CC(C)(C)C(=O)O)c(C(=O)C3CCC3)c3cc(C(C)C)ccc32)nc1. The molecule has 3 aromatic rings. The molecule has 1 aromatic carbocycles. The molecular weight excluding hydrogens is 412 g/mol. The molecule has 0 amide bonds. The van der Waals surface area contributed by atoms with Gasteiger partial charge in [0.05, 0.1) is 17.7 Å². The molecule has 174 valence electrons. The molecule has 1 saturated carbocycles. The van der Waals surface area contributed by atoms with Crippen molar-refractivity contribution in [2.75, 3.05) is 0 Å². The van der Waals surface area contributed by atoms with Crippen LogP contribution in [0.5, 0.6) is 0 Å². The fourth-order valence-electron chi connectivity index (χ4n) is 4.55. The van der Waals surface area contributed by atoms with Crippen molar-refractivity contribution in [2.24, 2.45) is 11.3 Å². The monoisotopic (exact) mass is 446 g/mol. The summed E-state index contributed by atoms with van der Waals surface area (Å²) in [6, 6.07) is 10.4. The first-order valence-electron chi connectivity index (χ1n) is 11.9. The molecule has 1 aliphatic carbocycles. The van der Waals surface area contributed by atoms with Gasteiger partial charge in [-0.15, -0.1) is 0 Å². The van der Waals surface area contributed by atoms with E-state index in [-0.39, 0.29) is 18.1 Å². The largest absolute Gasteiger partial charge is 0.481 e. The molecule has 0 bridgehead atoms. The maximum Gasteiger partial charge on any atom is 0.309 e. The summed E-state index contributed by atoms with van der Waals surface area (Å²) in [5.74, 6) is -0.324. The molecule has 0 unspecified atom stereocenters. The number of fused-ring (bicyclic) bond motifs is 1. The van der Waals surface area contributed by atoms with Gasteiger partial charge in [0.25, 0.3) is 0 Å². The molecule has 0 radical (unpaired) electrons. The minimum Gasteiger partial charge on any atom is -0.481 e. The Hall–Kier alpha value is -2.95. The molecule has 2 heterocycles. The van der Waals surface area contributed by atoms with Crippen LogP contribution in [0.4, 0.5) is 0 Å². The van der Waals surface area contributed by atoms with Crippen molar-refractivity contribution in [3.8, 4) is 0 Å². The molecule has 4 rings (SSSR count). The first-order valence-corrected chi connectivity index (χ1v) is 11.9. The number of aryl methyl sites for hydroxylation is 1. The van der Waals surface area contributed by atoms with E-state index in [0.717, 1.165) is 52.7 Å². The van der Waals surface area contributed by atoms with E-state index in [0.29, 0.717) is 12.5 Å². The molecular formula is C28H34N2O3. The minimum absolute atomic E-state index is 0.0379. The smallest absolute Gasteiger partial charge is 0.309 e. The van der Waals surface area contributed by atoms with Crippen molar-refractivity contribution in [1.82, 2.24) is 9.55 Å². The zero-order chi connectivity index (χ0) is 23.9. The number of aliphatic carboxylic acids is 1. The number of benzene rings is 1. The lowest BCUT2D eigenvalue weighted by Crippen LogP contribution is -2.29. The molecule has 5 nitrogen and oxygen atoms in total. The van der Waals surface area contributed by atoms with Gasteiger partial charge in [-0.05, 0) is 68.9 Å². The maximum atomic E-state index is 13.7. The van der Waals surface area contributed by atoms with E-state index >= 15 is 0 Å². The van der Waals surface area contributed by atoms with Gasteiger partial charge in [0.2, 0.25) is 0 Å². The molecule has 1 fully saturated rings. The number of carbonyl (C=O) groups is 2. The van der Waals surface area contributed by atoms with Crippen LogP contribution in [0.2, 0.25) is 0 Å². The number of carboxylic acid groups (broad SMARTS) is 1. The number of carbonyl (C=O) groups excluding carboxylic acids is 1. The van der Waals surface area contributed by atoms with Crippen molar-refractivity contribution in [2.45, 2.75) is 72.8 Å². The summed E-state index contributed by atoms with van der Waals surface area (Å²) in [6.45, 7) is 10.3. The second-order valence-corrected chi connectivity index (χ2v) is 10.5. The van der Waals surface area contributed by atoms with E-state index in [2.05, 4.69) is 41.6 Å². The van der Waals surface area contributed by atoms with Crippen molar-refractivity contribution < 1.29 is 14.7 Å². The second-order valence-electron chi connectivity index (χ2n) is 10.5. The Morgan fingerprint density at radius 2 is 1.91 bits per heavy atom. The number of pyridine rings is 1. The van der Waals surface area contributed by atoms with Crippen molar-refractivity contribution >= 4 is 22.7 Å². The average Bonchev–Trinajstić information content (AvgIpc) is 3.00. The summed E-state index contributed by atoms with van der Waals surface area (Å²) >= 11 is 0. The van der Waals surface area contributed by atoms with Crippen molar-refractivity contribution in [3.63, 3.8) is 0 Å². The third-order valence-electron chi connectivity index (χ3n) is 7.07. The topological polar surface area (TPSA) is 72.2 Å². The lowest BCUT2D eigenvalue weighted by Gasteiger charge is -2.26. The molecule has 0 saturated heterocycles. The molecule has 0 aliphatic heterocycles. The van der Waals surface area contributed by atoms with Gasteiger partial charge < -0.3 is 9.67 Å². The van der Waals surface area contributed by atoms with Crippen LogP contribution in [-0.2, 0) is 17.8 Å². The van der Waals surface area contributed by atoms with E-state index in [4.69, 9.17) is 0 Å². The number of hydrogen-bond donors (Lipinski definition) is 1. The molecule has 2 aromatic heterocycles. The Bertz CT molecular complexity index is 1200. The van der Waals surface area contributed by atoms with Crippen LogP contribution in [0.15, 0.2) is 36.5 Å². The van der Waals surface area contributed by atoms with Gasteiger partial charge >= 0.3 is 5.97 Å². The third kappa shape index (κ3) is 4.46. The van der Waals surface area contributed by atoms with E-state index in [1.165, 1.54) is 5.56 Å². The van der Waals surface area contributed by atoms with E-state index in [9.17, 15) is 14.7 Å². The predicted molar refractivity (Wildman–Crippen MR) is 131 cm³/mol. The van der Waals surface area contributed by atoms with E-state index < -0.39 is 11.4 Å². The molecule has 0 spiro atoms.